The van der Waals surface area contributed by atoms with Gasteiger partial charge in [0, 0.05) is 29.3 Å². The molecule has 8 atom stereocenters. The van der Waals surface area contributed by atoms with Gasteiger partial charge in [-0.3, -0.25) is 9.59 Å². The Bertz CT molecular complexity index is 2160. The first-order chi connectivity index (χ1) is 28.0. The number of carbonyl (C=O) groups excluding carboxylic acids is 4. The van der Waals surface area contributed by atoms with Gasteiger partial charge in [0.1, 0.15) is 58.1 Å². The molecule has 4 aliphatic rings. The number of hydrogen-bond donors (Lipinski definition) is 3. The topological polar surface area (TPSA) is 194 Å². The van der Waals surface area contributed by atoms with Crippen molar-refractivity contribution in [1.29, 1.82) is 5.26 Å². The number of likely N-dealkylation sites (tertiary alicyclic amines) is 1. The lowest BCUT2D eigenvalue weighted by atomic mass is 9.85. The number of benzene rings is 1. The Hall–Kier alpha value is -4.88. The number of hydrogen-bond acceptors (Lipinski definition) is 13. The Balaban J connectivity index is 1.21. The number of rotatable bonds is 14. The fraction of sp³-hybridized carbons (Fsp3) is 0.595. The molecule has 0 bridgehead atoms. The highest BCUT2D eigenvalue weighted by atomic mass is 35.5. The quantitative estimate of drug-likeness (QED) is 0.150. The summed E-state index contributed by atoms with van der Waals surface area (Å²) in [6.07, 6.45) is 2.34. The highest BCUT2D eigenvalue weighted by Crippen LogP contribution is 2.52. The molecule has 316 valence electrons. The average Bonchev–Trinajstić information content (AvgIpc) is 3.85. The van der Waals surface area contributed by atoms with E-state index in [4.69, 9.17) is 45.8 Å². The normalized spacial score (nSPS) is 26.1. The lowest BCUT2D eigenvalue weighted by Gasteiger charge is -2.35. The van der Waals surface area contributed by atoms with Crippen LogP contribution in [-0.4, -0.2) is 94.9 Å². The van der Waals surface area contributed by atoms with Gasteiger partial charge in [-0.05, 0) is 74.8 Å². The van der Waals surface area contributed by atoms with Gasteiger partial charge in [-0.2, -0.15) is 5.26 Å². The van der Waals surface area contributed by atoms with E-state index < -0.39 is 53.0 Å². The van der Waals surface area contributed by atoms with Crippen molar-refractivity contribution in [2.45, 2.75) is 116 Å². The molecule has 17 heteroatoms. The van der Waals surface area contributed by atoms with E-state index in [0.717, 1.165) is 12.8 Å². The number of nitriles is 1. The largest absolute Gasteiger partial charge is 0.488 e. The number of aromatic nitrogens is 2. The van der Waals surface area contributed by atoms with Crippen LogP contribution in [0.15, 0.2) is 23.6 Å². The van der Waals surface area contributed by atoms with Crippen LogP contribution in [0.3, 0.4) is 0 Å². The number of amides is 3. The predicted molar refractivity (Wildman–Crippen MR) is 221 cm³/mol. The van der Waals surface area contributed by atoms with Gasteiger partial charge < -0.3 is 39.8 Å². The minimum atomic E-state index is -1.20. The zero-order valence-electron chi connectivity index (χ0n) is 34.4. The monoisotopic (exact) mass is 849 g/mol. The van der Waals surface area contributed by atoms with Crippen LogP contribution in [-0.2, 0) is 23.9 Å². The van der Waals surface area contributed by atoms with Gasteiger partial charge in [-0.15, -0.1) is 11.3 Å². The van der Waals surface area contributed by atoms with E-state index in [1.165, 1.54) is 29.8 Å². The molecule has 59 heavy (non-hydrogen) atoms. The van der Waals surface area contributed by atoms with Crippen LogP contribution in [0.25, 0.3) is 22.3 Å². The van der Waals surface area contributed by atoms with Crippen molar-refractivity contribution in [2.75, 3.05) is 25.6 Å². The fourth-order valence-corrected chi connectivity index (χ4v) is 9.67. The van der Waals surface area contributed by atoms with E-state index in [-0.39, 0.29) is 48.4 Å². The first-order valence-corrected chi connectivity index (χ1v) is 21.5. The number of thiazole rings is 1. The second kappa shape index (κ2) is 16.6. The summed E-state index contributed by atoms with van der Waals surface area (Å²) in [7, 11) is 1.29. The second-order valence-corrected chi connectivity index (χ2v) is 18.7. The molecule has 0 radical (unpaired) electrons. The number of esters is 1. The average molecular weight is 850 g/mol. The molecule has 2 aromatic heterocycles. The highest BCUT2D eigenvalue weighted by molar-refractivity contribution is 7.14. The van der Waals surface area contributed by atoms with Crippen LogP contribution in [0.5, 0.6) is 11.5 Å². The van der Waals surface area contributed by atoms with Crippen LogP contribution in [0.1, 0.15) is 80.1 Å². The number of alkyl carbamates (subject to hydrolysis) is 1. The van der Waals surface area contributed by atoms with Crippen molar-refractivity contribution in [1.82, 2.24) is 25.5 Å². The van der Waals surface area contributed by atoms with Gasteiger partial charge in [0.15, 0.2) is 11.7 Å². The smallest absolute Gasteiger partial charge is 0.408 e. The zero-order valence-corrected chi connectivity index (χ0v) is 36.0. The maximum absolute atomic E-state index is 14.8. The van der Waals surface area contributed by atoms with Gasteiger partial charge in [-0.25, -0.2) is 19.6 Å². The van der Waals surface area contributed by atoms with Crippen LogP contribution < -0.4 is 25.4 Å². The number of fused-ring (bicyclic) bond motifs is 2. The first-order valence-electron chi connectivity index (χ1n) is 20.2. The molecule has 3 aliphatic carbocycles. The number of nitrogens with zero attached hydrogens (tertiary/aromatic N) is 4. The molecule has 3 heterocycles. The number of carbonyl (C=O) groups is 4. The third kappa shape index (κ3) is 8.87. The van der Waals surface area contributed by atoms with E-state index in [2.05, 4.69) is 16.0 Å². The third-order valence-corrected chi connectivity index (χ3v) is 12.9. The molecular formula is C42H52ClN7O8S. The number of pyridine rings is 1. The minimum absolute atomic E-state index is 0.0238. The lowest BCUT2D eigenvalue weighted by molar-refractivity contribution is -0.148. The van der Waals surface area contributed by atoms with Crippen molar-refractivity contribution in [3.05, 3.63) is 28.6 Å². The van der Waals surface area contributed by atoms with Crippen molar-refractivity contribution < 1.29 is 38.1 Å². The molecule has 1 aromatic carbocycles. The number of methoxy groups -OCH3 is 1. The zero-order chi connectivity index (χ0) is 42.4. The molecule has 0 spiro atoms. The van der Waals surface area contributed by atoms with Gasteiger partial charge in [0.05, 0.1) is 24.9 Å². The highest BCUT2D eigenvalue weighted by Gasteiger charge is 2.62. The molecule has 0 unspecified atom stereocenters. The third-order valence-electron chi connectivity index (χ3n) is 11.8. The Morgan fingerprint density at radius 3 is 2.46 bits per heavy atom. The van der Waals surface area contributed by atoms with Gasteiger partial charge in [0.2, 0.25) is 11.8 Å². The van der Waals surface area contributed by atoms with E-state index in [9.17, 15) is 19.2 Å². The predicted octanol–water partition coefficient (Wildman–Crippen LogP) is 6.48. The molecule has 1 aliphatic heterocycles. The van der Waals surface area contributed by atoms with Crippen LogP contribution >= 0.6 is 22.9 Å². The summed E-state index contributed by atoms with van der Waals surface area (Å²) in [4.78, 5) is 66.6. The maximum atomic E-state index is 14.8. The Morgan fingerprint density at radius 1 is 1.07 bits per heavy atom. The SMILES string of the molecule is CC[C@@H]1C[C@]1(NC(=O)[C@@H]1C[C@@H](Oc2cc(-c3csc(NC(C)C)n3)nc3c(Cl)c(OCC#N)ccc23)CN1C(=O)[C@@H](NC(=O)O[C@@H]1C[C@@H]2C[C@@H]2C1)C(C)(C)C)C(=O)OC. The minimum Gasteiger partial charge on any atom is -0.488 e. The molecule has 15 nitrogen and oxygen atoms in total. The van der Waals surface area contributed by atoms with E-state index in [1.54, 1.807) is 18.2 Å². The number of anilines is 1. The molecule has 3 saturated carbocycles. The second-order valence-electron chi connectivity index (χ2n) is 17.5. The van der Waals surface area contributed by atoms with Gasteiger partial charge in [0.25, 0.3) is 0 Å². The van der Waals surface area contributed by atoms with Crippen molar-refractivity contribution >= 4 is 62.8 Å². The summed E-state index contributed by atoms with van der Waals surface area (Å²) in [5, 5.41) is 21.5. The standard InChI is InChI=1S/C42H52ClN7O8S/c1-8-24-18-42(24,38(53)55-7)49-36(51)30-16-26(19-50(30)37(52)35(41(4,5)6)48-40(54)58-25-14-22-13-23(22)15-25)57-32-17-28(29-20-59-39(47-29)45-21(2)3)46-34-27(32)9-10-31(33(34)43)56-12-11-44/h9-10,17,20-26,30,35H,8,12-16,18-19H2,1-7H3,(H,45,47)(H,48,54)(H,49,51)/t22-,23+,24-,25+,26-,30+,35-,42-/m1/s1. The summed E-state index contributed by atoms with van der Waals surface area (Å²) < 4.78 is 23.2. The Kier molecular flexibility index (Phi) is 11.9. The summed E-state index contributed by atoms with van der Waals surface area (Å²) in [6.45, 7) is 11.2. The summed E-state index contributed by atoms with van der Waals surface area (Å²) in [6, 6.07) is 5.07. The number of halogens is 1. The van der Waals surface area contributed by atoms with Crippen LogP contribution in [0.2, 0.25) is 5.02 Å². The van der Waals surface area contributed by atoms with Crippen molar-refractivity contribution in [3.8, 4) is 29.0 Å². The van der Waals surface area contributed by atoms with Crippen LogP contribution in [0, 0.1) is 34.5 Å². The maximum Gasteiger partial charge on any atom is 0.408 e. The van der Waals surface area contributed by atoms with E-state index in [1.807, 2.05) is 53.0 Å². The summed E-state index contributed by atoms with van der Waals surface area (Å²) >= 11 is 8.29. The van der Waals surface area contributed by atoms with Crippen LogP contribution in [0.4, 0.5) is 9.93 Å². The summed E-state index contributed by atoms with van der Waals surface area (Å²) in [5.41, 5.74) is -0.616. The molecule has 3 aromatic rings. The number of nitrogens with one attached hydrogen (secondary N) is 3. The van der Waals surface area contributed by atoms with Gasteiger partial charge >= 0.3 is 12.1 Å². The fourth-order valence-electron chi connectivity index (χ4n) is 8.55. The molecule has 3 N–H and O–H groups in total. The van der Waals surface area contributed by atoms with E-state index in [0.29, 0.717) is 57.8 Å². The molecule has 1 saturated heterocycles. The molecular weight excluding hydrogens is 798 g/mol. The Morgan fingerprint density at radius 2 is 1.81 bits per heavy atom. The van der Waals surface area contributed by atoms with Gasteiger partial charge in [-0.1, -0.05) is 45.7 Å². The molecule has 3 amide bonds. The van der Waals surface area contributed by atoms with E-state index >= 15 is 0 Å². The Labute approximate surface area is 352 Å². The first kappa shape index (κ1) is 42.3. The summed E-state index contributed by atoms with van der Waals surface area (Å²) in [5.74, 6) is 0.165. The lowest BCUT2D eigenvalue weighted by Crippen LogP contribution is -2.59. The van der Waals surface area contributed by atoms with Crippen molar-refractivity contribution in [2.24, 2.45) is 23.2 Å². The molecule has 4 fully saturated rings. The number of ether oxygens (including phenoxy) is 4. The van der Waals surface area contributed by atoms with Crippen molar-refractivity contribution in [3.63, 3.8) is 0 Å². The molecule has 7 rings (SSSR count).